The molecule has 0 spiro atoms. The van der Waals surface area contributed by atoms with Crippen molar-refractivity contribution in [2.45, 2.75) is 20.1 Å². The Balaban J connectivity index is 2.11. The van der Waals surface area contributed by atoms with Crippen LogP contribution >= 0.6 is 27.5 Å². The molecule has 1 aromatic carbocycles. The second-order valence-corrected chi connectivity index (χ2v) is 5.77. The largest absolute Gasteiger partial charge is 0.488 e. The lowest BCUT2D eigenvalue weighted by molar-refractivity contribution is 0.303. The van der Waals surface area contributed by atoms with Gasteiger partial charge in [0.2, 0.25) is 0 Å². The highest BCUT2D eigenvalue weighted by Gasteiger charge is 2.12. The summed E-state index contributed by atoms with van der Waals surface area (Å²) in [5, 5.41) is 8.00. The SMILES string of the molecule is CNCc1ccc(OCc2c(C)nn(C)c2Cl)c(Br)c1. The van der Waals surface area contributed by atoms with E-state index in [1.54, 1.807) is 4.68 Å². The molecule has 20 heavy (non-hydrogen) atoms. The average molecular weight is 359 g/mol. The highest BCUT2D eigenvalue weighted by Crippen LogP contribution is 2.28. The van der Waals surface area contributed by atoms with E-state index in [0.717, 1.165) is 28.0 Å². The lowest BCUT2D eigenvalue weighted by Crippen LogP contribution is -2.05. The second kappa shape index (κ2) is 6.61. The van der Waals surface area contributed by atoms with Crippen molar-refractivity contribution in [2.24, 2.45) is 7.05 Å². The molecule has 0 saturated carbocycles. The third kappa shape index (κ3) is 3.34. The second-order valence-electron chi connectivity index (χ2n) is 4.56. The van der Waals surface area contributed by atoms with Crippen LogP contribution in [0.2, 0.25) is 5.15 Å². The molecule has 0 aliphatic heterocycles. The van der Waals surface area contributed by atoms with E-state index in [4.69, 9.17) is 16.3 Å². The number of benzene rings is 1. The van der Waals surface area contributed by atoms with Gasteiger partial charge in [0.25, 0.3) is 0 Å². The number of aromatic nitrogens is 2. The molecule has 0 aliphatic rings. The van der Waals surface area contributed by atoms with Gasteiger partial charge >= 0.3 is 0 Å². The van der Waals surface area contributed by atoms with E-state index < -0.39 is 0 Å². The van der Waals surface area contributed by atoms with Crippen molar-refractivity contribution in [3.05, 3.63) is 44.6 Å². The van der Waals surface area contributed by atoms with Crippen molar-refractivity contribution in [3.8, 4) is 5.75 Å². The summed E-state index contributed by atoms with van der Waals surface area (Å²) >= 11 is 9.71. The fourth-order valence-corrected chi connectivity index (χ4v) is 2.73. The fourth-order valence-electron chi connectivity index (χ4n) is 1.96. The van der Waals surface area contributed by atoms with Crippen LogP contribution in [0.5, 0.6) is 5.75 Å². The first-order valence-corrected chi connectivity index (χ1v) is 7.43. The fraction of sp³-hybridized carbons (Fsp3) is 0.357. The third-order valence-electron chi connectivity index (χ3n) is 3.02. The predicted molar refractivity (Wildman–Crippen MR) is 84.2 cm³/mol. The van der Waals surface area contributed by atoms with Gasteiger partial charge in [0.05, 0.1) is 10.2 Å². The van der Waals surface area contributed by atoms with E-state index in [2.05, 4.69) is 26.3 Å². The van der Waals surface area contributed by atoms with E-state index in [1.165, 1.54) is 5.56 Å². The Morgan fingerprint density at radius 1 is 1.45 bits per heavy atom. The number of ether oxygens (including phenoxy) is 1. The third-order valence-corrected chi connectivity index (χ3v) is 4.11. The van der Waals surface area contributed by atoms with Crippen LogP contribution in [0.25, 0.3) is 0 Å². The summed E-state index contributed by atoms with van der Waals surface area (Å²) in [5.41, 5.74) is 3.00. The molecular weight excluding hydrogens is 342 g/mol. The summed E-state index contributed by atoms with van der Waals surface area (Å²) in [6, 6.07) is 6.04. The first-order chi connectivity index (χ1) is 9.52. The van der Waals surface area contributed by atoms with E-state index in [-0.39, 0.29) is 0 Å². The average Bonchev–Trinajstić information content (AvgIpc) is 2.64. The van der Waals surface area contributed by atoms with E-state index in [0.29, 0.717) is 11.8 Å². The standard InChI is InChI=1S/C14H17BrClN3O/c1-9-11(14(16)19(3)18-9)8-20-13-5-4-10(7-17-2)6-12(13)15/h4-6,17H,7-8H2,1-3H3. The zero-order valence-corrected chi connectivity index (χ0v) is 14.0. The van der Waals surface area contributed by atoms with Gasteiger partial charge in [-0.1, -0.05) is 17.7 Å². The lowest BCUT2D eigenvalue weighted by Gasteiger charge is -2.10. The number of aryl methyl sites for hydroxylation is 2. The maximum Gasteiger partial charge on any atom is 0.134 e. The van der Waals surface area contributed by atoms with Gasteiger partial charge in [-0.15, -0.1) is 0 Å². The summed E-state index contributed by atoms with van der Waals surface area (Å²) in [6.45, 7) is 3.16. The van der Waals surface area contributed by atoms with Gasteiger partial charge in [-0.2, -0.15) is 5.10 Å². The zero-order chi connectivity index (χ0) is 14.7. The molecule has 2 aromatic rings. The molecule has 0 fully saturated rings. The molecule has 0 radical (unpaired) electrons. The Morgan fingerprint density at radius 2 is 2.20 bits per heavy atom. The number of halogens is 2. The van der Waals surface area contributed by atoms with Gasteiger partial charge in [0, 0.05) is 19.2 Å². The number of nitrogens with one attached hydrogen (secondary N) is 1. The number of hydrogen-bond donors (Lipinski definition) is 1. The molecule has 6 heteroatoms. The van der Waals surface area contributed by atoms with Crippen LogP contribution in [0.4, 0.5) is 0 Å². The summed E-state index contributed by atoms with van der Waals surface area (Å²) < 4.78 is 8.41. The zero-order valence-electron chi connectivity index (χ0n) is 11.7. The molecule has 0 atom stereocenters. The van der Waals surface area contributed by atoms with Crippen molar-refractivity contribution in [1.82, 2.24) is 15.1 Å². The minimum absolute atomic E-state index is 0.405. The molecule has 0 saturated heterocycles. The van der Waals surface area contributed by atoms with Crippen LogP contribution in [-0.4, -0.2) is 16.8 Å². The highest BCUT2D eigenvalue weighted by atomic mass is 79.9. The van der Waals surface area contributed by atoms with E-state index in [1.807, 2.05) is 39.2 Å². The number of nitrogens with zero attached hydrogens (tertiary/aromatic N) is 2. The minimum Gasteiger partial charge on any atom is -0.488 e. The van der Waals surface area contributed by atoms with Gasteiger partial charge in [-0.05, 0) is 47.6 Å². The molecule has 1 N–H and O–H groups in total. The van der Waals surface area contributed by atoms with Crippen molar-refractivity contribution in [1.29, 1.82) is 0 Å². The summed E-state index contributed by atoms with van der Waals surface area (Å²) in [4.78, 5) is 0. The Kier molecular flexibility index (Phi) is 5.07. The van der Waals surface area contributed by atoms with Crippen molar-refractivity contribution >= 4 is 27.5 Å². The van der Waals surface area contributed by atoms with Crippen molar-refractivity contribution in [2.75, 3.05) is 7.05 Å². The van der Waals surface area contributed by atoms with Gasteiger partial charge in [0.15, 0.2) is 0 Å². The van der Waals surface area contributed by atoms with Gasteiger partial charge in [0.1, 0.15) is 17.5 Å². The summed E-state index contributed by atoms with van der Waals surface area (Å²) in [7, 11) is 3.74. The topological polar surface area (TPSA) is 39.1 Å². The van der Waals surface area contributed by atoms with Gasteiger partial charge < -0.3 is 10.1 Å². The van der Waals surface area contributed by atoms with E-state index in [9.17, 15) is 0 Å². The Morgan fingerprint density at radius 3 is 2.75 bits per heavy atom. The first-order valence-electron chi connectivity index (χ1n) is 6.26. The molecular formula is C14H17BrClN3O. The molecule has 0 amide bonds. The Hall–Kier alpha value is -1.04. The van der Waals surface area contributed by atoms with Crippen LogP contribution in [-0.2, 0) is 20.2 Å². The Bertz CT molecular complexity index is 613. The smallest absolute Gasteiger partial charge is 0.134 e. The lowest BCUT2D eigenvalue weighted by atomic mass is 10.2. The summed E-state index contributed by atoms with van der Waals surface area (Å²) in [5.74, 6) is 0.796. The summed E-state index contributed by atoms with van der Waals surface area (Å²) in [6.07, 6.45) is 0. The maximum absolute atomic E-state index is 6.19. The molecule has 1 heterocycles. The molecule has 0 bridgehead atoms. The van der Waals surface area contributed by atoms with Crippen LogP contribution in [0.3, 0.4) is 0 Å². The molecule has 2 rings (SSSR count). The minimum atomic E-state index is 0.405. The highest BCUT2D eigenvalue weighted by molar-refractivity contribution is 9.10. The number of rotatable bonds is 5. The predicted octanol–water partition coefficient (Wildman–Crippen LogP) is 3.44. The monoisotopic (exact) mass is 357 g/mol. The quantitative estimate of drug-likeness (QED) is 0.890. The molecule has 1 aromatic heterocycles. The van der Waals surface area contributed by atoms with E-state index >= 15 is 0 Å². The number of hydrogen-bond acceptors (Lipinski definition) is 3. The maximum atomic E-state index is 6.19. The Labute approximate surface area is 132 Å². The molecule has 0 unspecified atom stereocenters. The van der Waals surface area contributed by atoms with Crippen LogP contribution in [0, 0.1) is 6.92 Å². The first kappa shape index (κ1) is 15.4. The van der Waals surface area contributed by atoms with Crippen molar-refractivity contribution in [3.63, 3.8) is 0 Å². The molecule has 4 nitrogen and oxygen atoms in total. The molecule has 0 aliphatic carbocycles. The van der Waals surface area contributed by atoms with Crippen LogP contribution in [0.15, 0.2) is 22.7 Å². The van der Waals surface area contributed by atoms with Crippen molar-refractivity contribution < 1.29 is 4.74 Å². The van der Waals surface area contributed by atoms with Gasteiger partial charge in [-0.3, -0.25) is 4.68 Å². The van der Waals surface area contributed by atoms with Crippen LogP contribution in [0.1, 0.15) is 16.8 Å². The molecule has 108 valence electrons. The van der Waals surface area contributed by atoms with Crippen LogP contribution < -0.4 is 10.1 Å². The normalized spacial score (nSPS) is 10.8. The van der Waals surface area contributed by atoms with Gasteiger partial charge in [-0.25, -0.2) is 0 Å².